The highest BCUT2D eigenvalue weighted by Gasteiger charge is 2.43. The van der Waals surface area contributed by atoms with Crippen LogP contribution in [0.5, 0.6) is 0 Å². The number of piperidine rings is 1. The zero-order chi connectivity index (χ0) is 21.4. The van der Waals surface area contributed by atoms with Gasteiger partial charge in [0.15, 0.2) is 0 Å². The zero-order valence-electron chi connectivity index (χ0n) is 18.3. The van der Waals surface area contributed by atoms with E-state index in [-0.39, 0.29) is 23.3 Å². The van der Waals surface area contributed by atoms with Gasteiger partial charge in [0.05, 0.1) is 18.6 Å². The Kier molecular flexibility index (Phi) is 8.05. The Morgan fingerprint density at radius 1 is 1.20 bits per heavy atom. The number of rotatable bonds is 8. The van der Waals surface area contributed by atoms with Crippen LogP contribution in [0.2, 0.25) is 0 Å². The Labute approximate surface area is 180 Å². The molecule has 1 N–H and O–H groups in total. The van der Waals surface area contributed by atoms with Gasteiger partial charge in [-0.05, 0) is 51.3 Å². The molecule has 0 aliphatic carbocycles. The van der Waals surface area contributed by atoms with E-state index in [1.165, 1.54) is 5.56 Å². The summed E-state index contributed by atoms with van der Waals surface area (Å²) in [6.07, 6.45) is 7.60. The lowest BCUT2D eigenvalue weighted by molar-refractivity contribution is -0.144. The number of benzene rings is 1. The van der Waals surface area contributed by atoms with E-state index in [0.717, 1.165) is 45.3 Å². The third-order valence-corrected chi connectivity index (χ3v) is 6.26. The molecule has 0 radical (unpaired) electrons. The summed E-state index contributed by atoms with van der Waals surface area (Å²) in [6, 6.07) is 10.3. The van der Waals surface area contributed by atoms with Crippen LogP contribution in [-0.4, -0.2) is 74.1 Å². The maximum Gasteiger partial charge on any atom is 0.234 e. The SMILES string of the molecule is COC[C@@H](C)NC(=O)CN1CCC2(CC=CCN(CCc3ccccc3)C2=O)CC1. The summed E-state index contributed by atoms with van der Waals surface area (Å²) < 4.78 is 5.07. The molecular formula is C24H35N3O3. The predicted octanol–water partition coefficient (Wildman–Crippen LogP) is 2.25. The molecule has 2 heterocycles. The Hall–Kier alpha value is -2.18. The molecule has 1 aromatic rings. The number of allylic oxidation sites excluding steroid dienone is 1. The predicted molar refractivity (Wildman–Crippen MR) is 118 cm³/mol. The third-order valence-electron chi connectivity index (χ3n) is 6.26. The second-order valence-corrected chi connectivity index (χ2v) is 8.64. The average Bonchev–Trinajstić information content (AvgIpc) is 2.89. The summed E-state index contributed by atoms with van der Waals surface area (Å²) in [7, 11) is 1.63. The number of amides is 2. The lowest BCUT2D eigenvalue weighted by Gasteiger charge is -2.41. The number of hydrogen-bond acceptors (Lipinski definition) is 4. The topological polar surface area (TPSA) is 61.9 Å². The van der Waals surface area contributed by atoms with Crippen LogP contribution in [0.1, 0.15) is 31.7 Å². The van der Waals surface area contributed by atoms with Crippen LogP contribution in [0.25, 0.3) is 0 Å². The fraction of sp³-hybridized carbons (Fsp3) is 0.583. The van der Waals surface area contributed by atoms with Gasteiger partial charge in [0.2, 0.25) is 11.8 Å². The van der Waals surface area contributed by atoms with Crippen molar-refractivity contribution in [2.24, 2.45) is 5.41 Å². The van der Waals surface area contributed by atoms with Crippen molar-refractivity contribution < 1.29 is 14.3 Å². The third kappa shape index (κ3) is 5.92. The number of methoxy groups -OCH3 is 1. The normalized spacial score (nSPS) is 20.2. The van der Waals surface area contributed by atoms with Gasteiger partial charge >= 0.3 is 0 Å². The molecule has 0 saturated carbocycles. The van der Waals surface area contributed by atoms with Crippen LogP contribution in [-0.2, 0) is 20.7 Å². The summed E-state index contributed by atoms with van der Waals surface area (Å²) in [5.74, 6) is 0.299. The Morgan fingerprint density at radius 3 is 2.63 bits per heavy atom. The highest BCUT2D eigenvalue weighted by atomic mass is 16.5. The lowest BCUT2D eigenvalue weighted by Crippen LogP contribution is -2.52. The van der Waals surface area contributed by atoms with E-state index >= 15 is 0 Å². The fourth-order valence-electron chi connectivity index (χ4n) is 4.49. The standard InChI is InChI=1S/C24H35N3O3/c1-20(19-30-2)25-22(28)18-26-16-12-24(13-17-26)11-6-7-14-27(23(24)29)15-10-21-8-4-3-5-9-21/h3-9,20H,10-19H2,1-2H3,(H,25,28)/t20-/m1/s1. The largest absolute Gasteiger partial charge is 0.383 e. The Morgan fingerprint density at radius 2 is 1.93 bits per heavy atom. The second-order valence-electron chi connectivity index (χ2n) is 8.64. The van der Waals surface area contributed by atoms with Crippen molar-refractivity contribution in [2.45, 2.75) is 38.6 Å². The molecule has 1 spiro atoms. The molecule has 2 aliphatic heterocycles. The maximum absolute atomic E-state index is 13.5. The van der Waals surface area contributed by atoms with E-state index < -0.39 is 0 Å². The highest BCUT2D eigenvalue weighted by Crippen LogP contribution is 2.38. The van der Waals surface area contributed by atoms with Gasteiger partial charge < -0.3 is 15.0 Å². The molecule has 0 aromatic heterocycles. The maximum atomic E-state index is 13.5. The number of nitrogens with one attached hydrogen (secondary N) is 1. The van der Waals surface area contributed by atoms with Gasteiger partial charge in [0.25, 0.3) is 0 Å². The molecule has 0 bridgehead atoms. The Balaban J connectivity index is 1.53. The summed E-state index contributed by atoms with van der Waals surface area (Å²) in [6.45, 7) is 5.82. The number of hydrogen-bond donors (Lipinski definition) is 1. The van der Waals surface area contributed by atoms with Gasteiger partial charge in [-0.2, -0.15) is 0 Å². The van der Waals surface area contributed by atoms with Gasteiger partial charge in [-0.3, -0.25) is 14.5 Å². The van der Waals surface area contributed by atoms with Gasteiger partial charge in [0.1, 0.15) is 0 Å². The summed E-state index contributed by atoms with van der Waals surface area (Å²) in [5.41, 5.74) is 0.941. The van der Waals surface area contributed by atoms with Crippen molar-refractivity contribution in [1.29, 1.82) is 0 Å². The van der Waals surface area contributed by atoms with Crippen molar-refractivity contribution in [3.05, 3.63) is 48.0 Å². The van der Waals surface area contributed by atoms with Crippen LogP contribution in [0.15, 0.2) is 42.5 Å². The monoisotopic (exact) mass is 413 g/mol. The molecule has 1 saturated heterocycles. The smallest absolute Gasteiger partial charge is 0.234 e. The van der Waals surface area contributed by atoms with Crippen molar-refractivity contribution >= 4 is 11.8 Å². The van der Waals surface area contributed by atoms with E-state index in [1.54, 1.807) is 7.11 Å². The first-order valence-corrected chi connectivity index (χ1v) is 11.0. The van der Waals surface area contributed by atoms with Gasteiger partial charge in [-0.15, -0.1) is 0 Å². The van der Waals surface area contributed by atoms with Crippen molar-refractivity contribution in [3.8, 4) is 0 Å². The first-order valence-electron chi connectivity index (χ1n) is 11.0. The Bertz CT molecular complexity index is 726. The molecule has 2 amide bonds. The molecule has 6 heteroatoms. The summed E-state index contributed by atoms with van der Waals surface area (Å²) in [4.78, 5) is 29.9. The molecule has 0 unspecified atom stereocenters. The summed E-state index contributed by atoms with van der Waals surface area (Å²) in [5, 5.41) is 2.97. The molecule has 164 valence electrons. The molecule has 1 atom stereocenters. The number of likely N-dealkylation sites (tertiary alicyclic amines) is 1. The molecule has 1 fully saturated rings. The van der Waals surface area contributed by atoms with Crippen molar-refractivity contribution in [2.75, 3.05) is 46.4 Å². The van der Waals surface area contributed by atoms with Crippen LogP contribution >= 0.6 is 0 Å². The quantitative estimate of drug-likeness (QED) is 0.664. The molecule has 6 nitrogen and oxygen atoms in total. The molecule has 30 heavy (non-hydrogen) atoms. The fourth-order valence-corrected chi connectivity index (χ4v) is 4.49. The minimum atomic E-state index is -0.319. The van der Waals surface area contributed by atoms with Gasteiger partial charge in [0, 0.05) is 26.2 Å². The van der Waals surface area contributed by atoms with E-state index in [1.807, 2.05) is 30.0 Å². The van der Waals surface area contributed by atoms with E-state index in [2.05, 4.69) is 34.5 Å². The number of carbonyl (C=O) groups is 2. The van der Waals surface area contributed by atoms with E-state index in [9.17, 15) is 9.59 Å². The van der Waals surface area contributed by atoms with E-state index in [0.29, 0.717) is 19.7 Å². The van der Waals surface area contributed by atoms with Crippen LogP contribution in [0.3, 0.4) is 0 Å². The van der Waals surface area contributed by atoms with Gasteiger partial charge in [-0.25, -0.2) is 0 Å². The summed E-state index contributed by atoms with van der Waals surface area (Å²) >= 11 is 0. The first-order chi connectivity index (χ1) is 14.5. The first kappa shape index (κ1) is 22.5. The minimum absolute atomic E-state index is 0.00498. The number of ether oxygens (including phenoxy) is 1. The zero-order valence-corrected chi connectivity index (χ0v) is 18.3. The van der Waals surface area contributed by atoms with Crippen LogP contribution in [0, 0.1) is 5.41 Å². The highest BCUT2D eigenvalue weighted by molar-refractivity contribution is 5.84. The van der Waals surface area contributed by atoms with E-state index in [4.69, 9.17) is 4.74 Å². The molecular weight excluding hydrogens is 378 g/mol. The van der Waals surface area contributed by atoms with Crippen molar-refractivity contribution in [3.63, 3.8) is 0 Å². The second kappa shape index (κ2) is 10.7. The molecule has 1 aromatic carbocycles. The van der Waals surface area contributed by atoms with Gasteiger partial charge in [-0.1, -0.05) is 42.5 Å². The number of carbonyl (C=O) groups excluding carboxylic acids is 2. The molecule has 3 rings (SSSR count). The average molecular weight is 414 g/mol. The van der Waals surface area contributed by atoms with Crippen LogP contribution < -0.4 is 5.32 Å². The minimum Gasteiger partial charge on any atom is -0.383 e. The van der Waals surface area contributed by atoms with Crippen LogP contribution in [0.4, 0.5) is 0 Å². The molecule has 2 aliphatic rings. The number of nitrogens with zero attached hydrogens (tertiary/aromatic N) is 2. The van der Waals surface area contributed by atoms with Crippen molar-refractivity contribution in [1.82, 2.24) is 15.1 Å². The lowest BCUT2D eigenvalue weighted by atomic mass is 9.74.